The number of aromatic amines is 1. The van der Waals surface area contributed by atoms with Gasteiger partial charge in [0.1, 0.15) is 0 Å². The summed E-state index contributed by atoms with van der Waals surface area (Å²) in [6, 6.07) is 14.7. The number of carbonyl (C=O) groups excluding carboxylic acids is 1. The van der Waals surface area contributed by atoms with Gasteiger partial charge in [0, 0.05) is 25.2 Å². The Morgan fingerprint density at radius 1 is 1.04 bits per heavy atom. The topological polar surface area (TPSA) is 75.2 Å². The zero-order valence-corrected chi connectivity index (χ0v) is 13.6. The normalized spacial score (nSPS) is 13.2. The lowest BCUT2D eigenvalue weighted by Crippen LogP contribution is -2.37. The van der Waals surface area contributed by atoms with Gasteiger partial charge in [-0.15, -0.1) is 0 Å². The van der Waals surface area contributed by atoms with E-state index in [1.807, 2.05) is 24.3 Å². The molecule has 0 fully saturated rings. The molecule has 1 N–H and O–H groups in total. The molecule has 1 aromatic heterocycles. The first kappa shape index (κ1) is 15.4. The number of H-pyrrole nitrogens is 1. The van der Waals surface area contributed by atoms with Crippen LogP contribution in [0.15, 0.2) is 58.1 Å². The third kappa shape index (κ3) is 2.65. The molecule has 6 nitrogen and oxygen atoms in total. The van der Waals surface area contributed by atoms with E-state index in [-0.39, 0.29) is 24.4 Å². The fraction of sp³-hybridized carbons (Fsp3) is 0.211. The van der Waals surface area contributed by atoms with Gasteiger partial charge in [-0.25, -0.2) is 4.79 Å². The van der Waals surface area contributed by atoms with Crippen molar-refractivity contribution in [2.75, 3.05) is 11.4 Å². The summed E-state index contributed by atoms with van der Waals surface area (Å²) < 4.78 is 1.10. The molecule has 1 aliphatic heterocycles. The van der Waals surface area contributed by atoms with Gasteiger partial charge in [0.25, 0.3) is 5.56 Å². The van der Waals surface area contributed by atoms with Crippen LogP contribution in [0.3, 0.4) is 0 Å². The molecule has 0 radical (unpaired) electrons. The minimum absolute atomic E-state index is 0.0660. The quantitative estimate of drug-likeness (QED) is 0.791. The summed E-state index contributed by atoms with van der Waals surface area (Å²) in [5.74, 6) is -0.0793. The van der Waals surface area contributed by atoms with Crippen LogP contribution in [0.4, 0.5) is 5.69 Å². The highest BCUT2D eigenvalue weighted by molar-refractivity contribution is 5.95. The molecule has 1 amide bonds. The molecule has 1 aliphatic rings. The highest BCUT2D eigenvalue weighted by Gasteiger charge is 2.24. The number of rotatable bonds is 3. The summed E-state index contributed by atoms with van der Waals surface area (Å²) in [5, 5.41) is 0.445. The van der Waals surface area contributed by atoms with Gasteiger partial charge in [-0.1, -0.05) is 30.3 Å². The van der Waals surface area contributed by atoms with E-state index in [2.05, 4.69) is 4.98 Å². The molecule has 0 spiro atoms. The molecule has 0 saturated heterocycles. The van der Waals surface area contributed by atoms with Crippen molar-refractivity contribution in [1.29, 1.82) is 0 Å². The molecule has 2 aromatic carbocycles. The number of carbonyl (C=O) groups is 1. The van der Waals surface area contributed by atoms with Crippen molar-refractivity contribution in [3.63, 3.8) is 0 Å². The number of hydrogen-bond acceptors (Lipinski definition) is 3. The van der Waals surface area contributed by atoms with Crippen molar-refractivity contribution < 1.29 is 4.79 Å². The molecule has 2 heterocycles. The second-order valence-electron chi connectivity index (χ2n) is 6.11. The van der Waals surface area contributed by atoms with Gasteiger partial charge in [0.05, 0.1) is 10.9 Å². The molecule has 3 aromatic rings. The molecule has 0 unspecified atom stereocenters. The Kier molecular flexibility index (Phi) is 3.72. The van der Waals surface area contributed by atoms with Crippen molar-refractivity contribution in [2.45, 2.75) is 19.4 Å². The van der Waals surface area contributed by atoms with Gasteiger partial charge in [0.2, 0.25) is 5.91 Å². The molecule has 0 saturated carbocycles. The molecule has 0 aliphatic carbocycles. The predicted molar refractivity (Wildman–Crippen MR) is 95.9 cm³/mol. The zero-order chi connectivity index (χ0) is 17.4. The third-order valence-electron chi connectivity index (χ3n) is 4.63. The number of hydrogen-bond donors (Lipinski definition) is 1. The lowest BCUT2D eigenvalue weighted by Gasteiger charge is -2.17. The van der Waals surface area contributed by atoms with E-state index in [4.69, 9.17) is 0 Å². The Balaban J connectivity index is 1.58. The zero-order valence-electron chi connectivity index (χ0n) is 13.6. The van der Waals surface area contributed by atoms with Crippen molar-refractivity contribution in [1.82, 2.24) is 9.55 Å². The van der Waals surface area contributed by atoms with E-state index in [1.165, 1.54) is 0 Å². The SMILES string of the molecule is O=C(CCn1c(=O)[nH]c2ccccc2c1=O)N1CCc2ccccc21. The smallest absolute Gasteiger partial charge is 0.312 e. The predicted octanol–water partition coefficient (Wildman–Crippen LogP) is 1.67. The van der Waals surface area contributed by atoms with Gasteiger partial charge < -0.3 is 9.88 Å². The summed E-state index contributed by atoms with van der Waals surface area (Å²) >= 11 is 0. The van der Waals surface area contributed by atoms with Crippen molar-refractivity contribution in [3.8, 4) is 0 Å². The van der Waals surface area contributed by atoms with Gasteiger partial charge in [-0.05, 0) is 30.2 Å². The average Bonchev–Trinajstić information content (AvgIpc) is 3.05. The summed E-state index contributed by atoms with van der Waals surface area (Å²) in [4.78, 5) is 41.7. The van der Waals surface area contributed by atoms with E-state index in [0.29, 0.717) is 17.4 Å². The van der Waals surface area contributed by atoms with Crippen molar-refractivity contribution in [3.05, 3.63) is 74.9 Å². The van der Waals surface area contributed by atoms with Crippen LogP contribution in [0.5, 0.6) is 0 Å². The molecule has 25 heavy (non-hydrogen) atoms. The molecule has 126 valence electrons. The maximum atomic E-state index is 12.6. The number of nitrogens with one attached hydrogen (secondary N) is 1. The summed E-state index contributed by atoms with van der Waals surface area (Å²) in [6.07, 6.45) is 0.939. The summed E-state index contributed by atoms with van der Waals surface area (Å²) in [5.41, 5.74) is 1.73. The standard InChI is InChI=1S/C19H17N3O3/c23-17(21-11-9-13-5-1-4-8-16(13)21)10-12-22-18(24)14-6-2-3-7-15(14)20-19(22)25/h1-8H,9-12H2,(H,20,25). The van der Waals surface area contributed by atoms with E-state index < -0.39 is 5.69 Å². The summed E-state index contributed by atoms with van der Waals surface area (Å²) in [6.45, 7) is 0.706. The Bertz CT molecular complexity index is 1080. The average molecular weight is 335 g/mol. The van der Waals surface area contributed by atoms with Crippen LogP contribution in [0.25, 0.3) is 10.9 Å². The van der Waals surface area contributed by atoms with Gasteiger partial charge >= 0.3 is 5.69 Å². The number of amides is 1. The van der Waals surface area contributed by atoms with Crippen LogP contribution in [0.1, 0.15) is 12.0 Å². The van der Waals surface area contributed by atoms with E-state index in [9.17, 15) is 14.4 Å². The maximum Gasteiger partial charge on any atom is 0.328 e. The molecular formula is C19H17N3O3. The van der Waals surface area contributed by atoms with E-state index >= 15 is 0 Å². The van der Waals surface area contributed by atoms with E-state index in [0.717, 1.165) is 22.2 Å². The Labute approximate surface area is 143 Å². The lowest BCUT2D eigenvalue weighted by atomic mass is 10.2. The molecule has 4 rings (SSSR count). The minimum Gasteiger partial charge on any atom is -0.312 e. The number of anilines is 1. The first-order chi connectivity index (χ1) is 12.1. The van der Waals surface area contributed by atoms with Crippen molar-refractivity contribution >= 4 is 22.5 Å². The third-order valence-corrected chi connectivity index (χ3v) is 4.63. The van der Waals surface area contributed by atoms with Crippen LogP contribution >= 0.6 is 0 Å². The van der Waals surface area contributed by atoms with Crippen LogP contribution in [-0.2, 0) is 17.8 Å². The Morgan fingerprint density at radius 2 is 1.80 bits per heavy atom. The highest BCUT2D eigenvalue weighted by Crippen LogP contribution is 2.27. The minimum atomic E-state index is -0.488. The number of aromatic nitrogens is 2. The Morgan fingerprint density at radius 3 is 2.68 bits per heavy atom. The fourth-order valence-corrected chi connectivity index (χ4v) is 3.34. The Hall–Kier alpha value is -3.15. The lowest BCUT2D eigenvalue weighted by molar-refractivity contribution is -0.118. The van der Waals surface area contributed by atoms with Crippen molar-refractivity contribution in [2.24, 2.45) is 0 Å². The first-order valence-corrected chi connectivity index (χ1v) is 8.25. The van der Waals surface area contributed by atoms with Crippen LogP contribution < -0.4 is 16.1 Å². The fourth-order valence-electron chi connectivity index (χ4n) is 3.34. The maximum absolute atomic E-state index is 12.6. The number of nitrogens with zero attached hydrogens (tertiary/aromatic N) is 2. The molecular weight excluding hydrogens is 318 g/mol. The van der Waals surface area contributed by atoms with E-state index in [1.54, 1.807) is 29.2 Å². The molecule has 6 heteroatoms. The highest BCUT2D eigenvalue weighted by atomic mass is 16.2. The second-order valence-corrected chi connectivity index (χ2v) is 6.11. The number of benzene rings is 2. The van der Waals surface area contributed by atoms with Crippen LogP contribution in [0.2, 0.25) is 0 Å². The number of para-hydroxylation sites is 2. The number of fused-ring (bicyclic) bond motifs is 2. The summed E-state index contributed by atoms with van der Waals surface area (Å²) in [7, 11) is 0. The largest absolute Gasteiger partial charge is 0.328 e. The van der Waals surface area contributed by atoms with Crippen LogP contribution in [-0.4, -0.2) is 22.0 Å². The van der Waals surface area contributed by atoms with Crippen LogP contribution in [0, 0.1) is 0 Å². The van der Waals surface area contributed by atoms with Gasteiger partial charge in [-0.2, -0.15) is 0 Å². The molecule has 0 atom stereocenters. The molecule has 0 bridgehead atoms. The monoisotopic (exact) mass is 335 g/mol. The first-order valence-electron chi connectivity index (χ1n) is 8.25. The second kappa shape index (κ2) is 6.05. The van der Waals surface area contributed by atoms with Gasteiger partial charge in [0.15, 0.2) is 0 Å². The van der Waals surface area contributed by atoms with Gasteiger partial charge in [-0.3, -0.25) is 14.2 Å².